The lowest BCUT2D eigenvalue weighted by molar-refractivity contribution is 0.0390. The highest BCUT2D eigenvalue weighted by Crippen LogP contribution is 2.43. The number of rotatable bonds is 5. The van der Waals surface area contributed by atoms with Crippen LogP contribution < -0.4 is 5.23 Å². The summed E-state index contributed by atoms with van der Waals surface area (Å²) in [6.07, 6.45) is 1.70. The number of hydrogen-bond donors (Lipinski definition) is 3. The number of aliphatic hydroxyl groups is 1. The van der Waals surface area contributed by atoms with Gasteiger partial charge in [-0.1, -0.05) is 30.3 Å². The van der Waals surface area contributed by atoms with Crippen molar-refractivity contribution >= 4 is 7.05 Å². The summed E-state index contributed by atoms with van der Waals surface area (Å²) >= 11 is 0. The molecule has 1 saturated heterocycles. The van der Waals surface area contributed by atoms with Crippen LogP contribution in [-0.4, -0.2) is 47.3 Å². The summed E-state index contributed by atoms with van der Waals surface area (Å²) in [5.41, 5.74) is 0.731. The van der Waals surface area contributed by atoms with Crippen LogP contribution in [0, 0.1) is 11.8 Å². The predicted octanol–water partition coefficient (Wildman–Crippen LogP) is 0.959. The van der Waals surface area contributed by atoms with Gasteiger partial charge in [0, 0.05) is 26.2 Å². The smallest absolute Gasteiger partial charge is 0.373 e. The van der Waals surface area contributed by atoms with Crippen molar-refractivity contribution < 1.29 is 10.1 Å². The van der Waals surface area contributed by atoms with Crippen LogP contribution in [0.4, 0.5) is 0 Å². The van der Waals surface area contributed by atoms with Gasteiger partial charge in [-0.2, -0.15) is 0 Å². The topological polar surface area (TPSA) is 55.7 Å². The standard InChI is InChI=1S/C16H25BN2O2/c1-17(21)18-12-16(20)7-14-10-19(11-15(14)8-16)9-13-5-3-2-4-6-13/h2-6,14-15,18,20-21H,7-12H2,1H3/t14-,15+,16?. The molecule has 5 heteroatoms. The van der Waals surface area contributed by atoms with Crippen molar-refractivity contribution in [3.05, 3.63) is 35.9 Å². The van der Waals surface area contributed by atoms with E-state index in [0.29, 0.717) is 18.4 Å². The summed E-state index contributed by atoms with van der Waals surface area (Å²) in [6, 6.07) is 10.6. The monoisotopic (exact) mass is 288 g/mol. The van der Waals surface area contributed by atoms with E-state index in [1.54, 1.807) is 6.82 Å². The molecule has 4 nitrogen and oxygen atoms in total. The third-order valence-corrected chi connectivity index (χ3v) is 4.91. The normalized spacial score (nSPS) is 32.3. The first kappa shape index (κ1) is 15.0. The predicted molar refractivity (Wildman–Crippen MR) is 84.7 cm³/mol. The van der Waals surface area contributed by atoms with Crippen LogP contribution >= 0.6 is 0 Å². The third-order valence-electron chi connectivity index (χ3n) is 4.91. The molecule has 1 aliphatic carbocycles. The molecule has 1 aliphatic heterocycles. The average molecular weight is 288 g/mol. The summed E-state index contributed by atoms with van der Waals surface area (Å²) in [5.74, 6) is 1.18. The zero-order valence-corrected chi connectivity index (χ0v) is 12.7. The van der Waals surface area contributed by atoms with Gasteiger partial charge in [0.1, 0.15) is 0 Å². The second-order valence-corrected chi connectivity index (χ2v) is 6.89. The third kappa shape index (κ3) is 3.66. The highest BCUT2D eigenvalue weighted by atomic mass is 16.3. The molecule has 2 fully saturated rings. The van der Waals surface area contributed by atoms with E-state index in [1.807, 2.05) is 0 Å². The quantitative estimate of drug-likeness (QED) is 0.706. The van der Waals surface area contributed by atoms with Gasteiger partial charge in [0.15, 0.2) is 0 Å². The maximum atomic E-state index is 10.6. The summed E-state index contributed by atoms with van der Waals surface area (Å²) in [5, 5.41) is 22.9. The molecule has 1 aromatic carbocycles. The van der Waals surface area contributed by atoms with Crippen molar-refractivity contribution in [1.29, 1.82) is 0 Å². The summed E-state index contributed by atoms with van der Waals surface area (Å²) in [7, 11) is -0.552. The molecule has 0 spiro atoms. The Balaban J connectivity index is 1.52. The zero-order valence-electron chi connectivity index (χ0n) is 12.7. The Morgan fingerprint density at radius 3 is 2.43 bits per heavy atom. The van der Waals surface area contributed by atoms with E-state index >= 15 is 0 Å². The van der Waals surface area contributed by atoms with Gasteiger partial charge in [-0.15, -0.1) is 0 Å². The van der Waals surface area contributed by atoms with Crippen LogP contribution in [0.2, 0.25) is 6.82 Å². The summed E-state index contributed by atoms with van der Waals surface area (Å²) < 4.78 is 0. The van der Waals surface area contributed by atoms with Gasteiger partial charge >= 0.3 is 7.05 Å². The molecule has 1 aromatic rings. The molecule has 1 heterocycles. The van der Waals surface area contributed by atoms with E-state index in [4.69, 9.17) is 0 Å². The van der Waals surface area contributed by atoms with Crippen molar-refractivity contribution in [2.24, 2.45) is 11.8 Å². The van der Waals surface area contributed by atoms with Gasteiger partial charge in [0.25, 0.3) is 0 Å². The van der Waals surface area contributed by atoms with Crippen LogP contribution in [0.25, 0.3) is 0 Å². The van der Waals surface area contributed by atoms with Crippen LogP contribution in [0.3, 0.4) is 0 Å². The molecule has 0 bridgehead atoms. The first-order chi connectivity index (χ1) is 10.0. The van der Waals surface area contributed by atoms with Crippen molar-refractivity contribution in [2.45, 2.75) is 31.8 Å². The Hall–Kier alpha value is -0.875. The van der Waals surface area contributed by atoms with Gasteiger partial charge < -0.3 is 15.4 Å². The van der Waals surface area contributed by atoms with Gasteiger partial charge in [-0.3, -0.25) is 4.90 Å². The average Bonchev–Trinajstić information content (AvgIpc) is 2.92. The fraction of sp³-hybridized carbons (Fsp3) is 0.625. The van der Waals surface area contributed by atoms with E-state index in [2.05, 4.69) is 40.5 Å². The van der Waals surface area contributed by atoms with E-state index in [-0.39, 0.29) is 0 Å². The first-order valence-electron chi connectivity index (χ1n) is 7.94. The van der Waals surface area contributed by atoms with Gasteiger partial charge in [-0.25, -0.2) is 0 Å². The van der Waals surface area contributed by atoms with Crippen molar-refractivity contribution in [3.8, 4) is 0 Å². The van der Waals surface area contributed by atoms with Crippen molar-refractivity contribution in [1.82, 2.24) is 10.1 Å². The molecule has 3 N–H and O–H groups in total. The molecule has 0 amide bonds. The number of nitrogens with zero attached hydrogens (tertiary/aromatic N) is 1. The van der Waals surface area contributed by atoms with E-state index < -0.39 is 12.7 Å². The number of fused-ring (bicyclic) bond motifs is 1. The van der Waals surface area contributed by atoms with E-state index in [1.165, 1.54) is 5.56 Å². The van der Waals surface area contributed by atoms with Gasteiger partial charge in [-0.05, 0) is 37.1 Å². The molecule has 1 unspecified atom stereocenters. The lowest BCUT2D eigenvalue weighted by Crippen LogP contribution is -2.45. The SMILES string of the molecule is CB(O)NCC1(O)C[C@H]2CN(Cc3ccccc3)C[C@H]2C1. The molecule has 21 heavy (non-hydrogen) atoms. The highest BCUT2D eigenvalue weighted by Gasteiger charge is 2.47. The fourth-order valence-electron chi connectivity index (χ4n) is 4.01. The minimum atomic E-state index is -0.634. The largest absolute Gasteiger partial charge is 0.437 e. The van der Waals surface area contributed by atoms with Crippen LogP contribution in [0.15, 0.2) is 30.3 Å². The maximum absolute atomic E-state index is 10.6. The van der Waals surface area contributed by atoms with E-state index in [9.17, 15) is 10.1 Å². The molecule has 0 radical (unpaired) electrons. The number of likely N-dealkylation sites (tertiary alicyclic amines) is 1. The molecular weight excluding hydrogens is 263 g/mol. The lowest BCUT2D eigenvalue weighted by Gasteiger charge is -2.26. The minimum absolute atomic E-state index is 0.496. The first-order valence-corrected chi connectivity index (χ1v) is 7.94. The molecule has 3 atom stereocenters. The van der Waals surface area contributed by atoms with Gasteiger partial charge in [0.2, 0.25) is 0 Å². The number of nitrogens with one attached hydrogen (secondary N) is 1. The Labute approximate surface area is 127 Å². The highest BCUT2D eigenvalue weighted by molar-refractivity contribution is 6.45. The number of benzene rings is 1. The van der Waals surface area contributed by atoms with Gasteiger partial charge in [0.05, 0.1) is 5.60 Å². The molecule has 3 rings (SSSR count). The molecule has 2 aliphatic rings. The Bertz CT molecular complexity index is 455. The molecular formula is C16H25BN2O2. The van der Waals surface area contributed by atoms with Crippen molar-refractivity contribution in [3.63, 3.8) is 0 Å². The number of hydrogen-bond acceptors (Lipinski definition) is 4. The summed E-state index contributed by atoms with van der Waals surface area (Å²) in [4.78, 5) is 2.51. The Morgan fingerprint density at radius 1 is 1.24 bits per heavy atom. The second kappa shape index (κ2) is 6.09. The van der Waals surface area contributed by atoms with Crippen molar-refractivity contribution in [2.75, 3.05) is 19.6 Å². The minimum Gasteiger partial charge on any atom is -0.437 e. The maximum Gasteiger partial charge on any atom is 0.373 e. The van der Waals surface area contributed by atoms with Crippen LogP contribution in [0.1, 0.15) is 18.4 Å². The Morgan fingerprint density at radius 2 is 1.86 bits per heavy atom. The lowest BCUT2D eigenvalue weighted by atomic mass is 9.86. The van der Waals surface area contributed by atoms with E-state index in [0.717, 1.165) is 32.5 Å². The zero-order chi connectivity index (χ0) is 14.9. The fourth-order valence-corrected chi connectivity index (χ4v) is 4.01. The molecule has 114 valence electrons. The Kier molecular flexibility index (Phi) is 4.36. The second-order valence-electron chi connectivity index (χ2n) is 6.89. The molecule has 0 aromatic heterocycles. The van der Waals surface area contributed by atoms with Crippen LogP contribution in [-0.2, 0) is 6.54 Å². The summed E-state index contributed by atoms with van der Waals surface area (Å²) in [6.45, 7) is 5.36. The van der Waals surface area contributed by atoms with Crippen LogP contribution in [0.5, 0.6) is 0 Å². The molecule has 1 saturated carbocycles.